The predicted molar refractivity (Wildman–Crippen MR) is 83.2 cm³/mol. The van der Waals surface area contributed by atoms with Crippen molar-refractivity contribution in [3.8, 4) is 0 Å². The Morgan fingerprint density at radius 2 is 1.70 bits per heavy atom. The van der Waals surface area contributed by atoms with Gasteiger partial charge in [-0.25, -0.2) is 0 Å². The van der Waals surface area contributed by atoms with E-state index in [1.807, 2.05) is 31.2 Å². The van der Waals surface area contributed by atoms with Crippen molar-refractivity contribution in [1.82, 2.24) is 4.90 Å². The van der Waals surface area contributed by atoms with Crippen molar-refractivity contribution in [3.05, 3.63) is 29.8 Å². The van der Waals surface area contributed by atoms with Crippen LogP contribution in [-0.2, 0) is 9.53 Å². The zero-order valence-electron chi connectivity index (χ0n) is 13.1. The molecule has 0 N–H and O–H groups in total. The van der Waals surface area contributed by atoms with Crippen LogP contribution >= 0.6 is 0 Å². The first kappa shape index (κ1) is 16.7. The molecule has 1 amide bonds. The molecule has 112 valence electrons. The first-order valence-electron chi connectivity index (χ1n) is 7.20. The second-order valence-electron chi connectivity index (χ2n) is 4.84. The molecule has 0 heterocycles. The van der Waals surface area contributed by atoms with Crippen LogP contribution in [0.3, 0.4) is 0 Å². The standard InChI is InChI=1S/C16H26N2O2/c1-5-17(6-2)11-12-18(16(19)13-20-4)15-9-7-14(3)8-10-15/h7-10H,5-6,11-13H2,1-4H3. The molecule has 0 aliphatic rings. The molecule has 0 aliphatic carbocycles. The van der Waals surface area contributed by atoms with E-state index in [0.29, 0.717) is 6.54 Å². The molecule has 0 radical (unpaired) electrons. The topological polar surface area (TPSA) is 32.8 Å². The number of hydrogen-bond acceptors (Lipinski definition) is 3. The summed E-state index contributed by atoms with van der Waals surface area (Å²) in [6.07, 6.45) is 0. The first-order valence-corrected chi connectivity index (χ1v) is 7.20. The average Bonchev–Trinajstić information content (AvgIpc) is 2.45. The minimum Gasteiger partial charge on any atom is -0.375 e. The Labute approximate surface area is 122 Å². The normalized spacial score (nSPS) is 10.8. The van der Waals surface area contributed by atoms with Gasteiger partial charge in [-0.2, -0.15) is 0 Å². The van der Waals surface area contributed by atoms with Crippen molar-refractivity contribution >= 4 is 11.6 Å². The third-order valence-electron chi connectivity index (χ3n) is 3.45. The largest absolute Gasteiger partial charge is 0.375 e. The highest BCUT2D eigenvalue weighted by atomic mass is 16.5. The number of benzene rings is 1. The minimum absolute atomic E-state index is 0.00325. The zero-order valence-corrected chi connectivity index (χ0v) is 13.1. The molecule has 0 aromatic heterocycles. The van der Waals surface area contributed by atoms with E-state index in [-0.39, 0.29) is 12.5 Å². The van der Waals surface area contributed by atoms with E-state index in [2.05, 4.69) is 18.7 Å². The summed E-state index contributed by atoms with van der Waals surface area (Å²) < 4.78 is 4.98. The van der Waals surface area contributed by atoms with Crippen LogP contribution in [-0.4, -0.2) is 50.7 Å². The lowest BCUT2D eigenvalue weighted by Gasteiger charge is -2.26. The molecule has 0 spiro atoms. The SMILES string of the molecule is CCN(CC)CCN(C(=O)COC)c1ccc(C)cc1. The van der Waals surface area contributed by atoms with Crippen molar-refractivity contribution in [2.24, 2.45) is 0 Å². The number of aryl methyl sites for hydroxylation is 1. The third kappa shape index (κ3) is 4.94. The molecule has 20 heavy (non-hydrogen) atoms. The van der Waals surface area contributed by atoms with Crippen LogP contribution in [0.25, 0.3) is 0 Å². The summed E-state index contributed by atoms with van der Waals surface area (Å²) in [6, 6.07) is 8.04. The highest BCUT2D eigenvalue weighted by Crippen LogP contribution is 2.15. The van der Waals surface area contributed by atoms with E-state index in [1.54, 1.807) is 12.0 Å². The molecule has 1 rings (SSSR count). The van der Waals surface area contributed by atoms with E-state index in [9.17, 15) is 4.79 Å². The Morgan fingerprint density at radius 1 is 1.10 bits per heavy atom. The molecule has 0 fully saturated rings. The Hall–Kier alpha value is -1.39. The van der Waals surface area contributed by atoms with Gasteiger partial charge in [0.1, 0.15) is 6.61 Å². The molecule has 0 unspecified atom stereocenters. The fourth-order valence-corrected chi connectivity index (χ4v) is 2.11. The summed E-state index contributed by atoms with van der Waals surface area (Å²) in [4.78, 5) is 16.3. The van der Waals surface area contributed by atoms with E-state index < -0.39 is 0 Å². The summed E-state index contributed by atoms with van der Waals surface area (Å²) in [7, 11) is 1.55. The number of nitrogens with zero attached hydrogens (tertiary/aromatic N) is 2. The smallest absolute Gasteiger partial charge is 0.252 e. The van der Waals surface area contributed by atoms with E-state index in [1.165, 1.54) is 5.56 Å². The number of anilines is 1. The Kier molecular flexibility index (Phi) is 7.26. The van der Waals surface area contributed by atoms with Gasteiger partial charge in [0, 0.05) is 25.9 Å². The molecule has 1 aromatic carbocycles. The van der Waals surface area contributed by atoms with Gasteiger partial charge < -0.3 is 14.5 Å². The molecule has 0 bridgehead atoms. The Morgan fingerprint density at radius 3 is 2.20 bits per heavy atom. The molecule has 0 saturated heterocycles. The fraction of sp³-hybridized carbons (Fsp3) is 0.562. The summed E-state index contributed by atoms with van der Waals surface area (Å²) in [5.74, 6) is 0.00325. The zero-order chi connectivity index (χ0) is 15.0. The predicted octanol–water partition coefficient (Wildman–Crippen LogP) is 2.32. The van der Waals surface area contributed by atoms with Gasteiger partial charge in [0.15, 0.2) is 0 Å². The summed E-state index contributed by atoms with van der Waals surface area (Å²) in [6.45, 7) is 9.98. The van der Waals surface area contributed by atoms with Crippen LogP contribution in [0.2, 0.25) is 0 Å². The lowest BCUT2D eigenvalue weighted by atomic mass is 10.2. The monoisotopic (exact) mass is 278 g/mol. The van der Waals surface area contributed by atoms with Crippen LogP contribution in [0, 0.1) is 6.92 Å². The van der Waals surface area contributed by atoms with Gasteiger partial charge in [0.25, 0.3) is 5.91 Å². The van der Waals surface area contributed by atoms with Gasteiger partial charge in [-0.3, -0.25) is 4.79 Å². The van der Waals surface area contributed by atoms with Crippen LogP contribution in [0.15, 0.2) is 24.3 Å². The van der Waals surface area contributed by atoms with E-state index >= 15 is 0 Å². The number of amides is 1. The number of rotatable bonds is 8. The van der Waals surface area contributed by atoms with Crippen LogP contribution in [0.4, 0.5) is 5.69 Å². The van der Waals surface area contributed by atoms with E-state index in [4.69, 9.17) is 4.74 Å². The van der Waals surface area contributed by atoms with Gasteiger partial charge in [0.2, 0.25) is 0 Å². The maximum Gasteiger partial charge on any atom is 0.252 e. The second-order valence-corrected chi connectivity index (χ2v) is 4.84. The van der Waals surface area contributed by atoms with Gasteiger partial charge in [0.05, 0.1) is 0 Å². The van der Waals surface area contributed by atoms with Gasteiger partial charge in [-0.15, -0.1) is 0 Å². The molecule has 4 nitrogen and oxygen atoms in total. The van der Waals surface area contributed by atoms with Crippen LogP contribution in [0.5, 0.6) is 0 Å². The molecular weight excluding hydrogens is 252 g/mol. The average molecular weight is 278 g/mol. The van der Waals surface area contributed by atoms with Crippen LogP contribution in [0.1, 0.15) is 19.4 Å². The molecule has 0 saturated carbocycles. The van der Waals surface area contributed by atoms with Crippen molar-refractivity contribution in [3.63, 3.8) is 0 Å². The maximum absolute atomic E-state index is 12.2. The lowest BCUT2D eigenvalue weighted by Crippen LogP contribution is -2.40. The lowest BCUT2D eigenvalue weighted by molar-refractivity contribution is -0.122. The maximum atomic E-state index is 12.2. The van der Waals surface area contributed by atoms with Crippen molar-refractivity contribution < 1.29 is 9.53 Å². The Balaban J connectivity index is 2.79. The summed E-state index contributed by atoms with van der Waals surface area (Å²) >= 11 is 0. The third-order valence-corrected chi connectivity index (χ3v) is 3.45. The van der Waals surface area contributed by atoms with Gasteiger partial charge in [-0.05, 0) is 32.1 Å². The van der Waals surface area contributed by atoms with E-state index in [0.717, 1.165) is 25.3 Å². The Bertz CT molecular complexity index is 399. The number of hydrogen-bond donors (Lipinski definition) is 0. The van der Waals surface area contributed by atoms with Gasteiger partial charge >= 0.3 is 0 Å². The molecule has 0 aliphatic heterocycles. The minimum atomic E-state index is 0.00325. The number of carbonyl (C=O) groups is 1. The van der Waals surface area contributed by atoms with Crippen molar-refractivity contribution in [2.45, 2.75) is 20.8 Å². The highest BCUT2D eigenvalue weighted by molar-refractivity contribution is 5.94. The molecular formula is C16H26N2O2. The molecule has 4 heteroatoms. The van der Waals surface area contributed by atoms with Crippen molar-refractivity contribution in [2.75, 3.05) is 44.8 Å². The second kappa shape index (κ2) is 8.72. The fourth-order valence-electron chi connectivity index (χ4n) is 2.11. The molecule has 0 atom stereocenters. The number of likely N-dealkylation sites (N-methyl/N-ethyl adjacent to an activating group) is 1. The van der Waals surface area contributed by atoms with Crippen molar-refractivity contribution in [1.29, 1.82) is 0 Å². The van der Waals surface area contributed by atoms with Gasteiger partial charge in [-0.1, -0.05) is 31.5 Å². The summed E-state index contributed by atoms with van der Waals surface area (Å²) in [5.41, 5.74) is 2.13. The highest BCUT2D eigenvalue weighted by Gasteiger charge is 2.16. The number of ether oxygens (including phenoxy) is 1. The number of methoxy groups -OCH3 is 1. The molecule has 1 aromatic rings. The summed E-state index contributed by atoms with van der Waals surface area (Å²) in [5, 5.41) is 0. The number of carbonyl (C=O) groups excluding carboxylic acids is 1. The quantitative estimate of drug-likeness (QED) is 0.731. The first-order chi connectivity index (χ1) is 9.62. The van der Waals surface area contributed by atoms with Crippen LogP contribution < -0.4 is 4.90 Å².